The van der Waals surface area contributed by atoms with E-state index in [1.54, 1.807) is 0 Å². The highest BCUT2D eigenvalue weighted by molar-refractivity contribution is 7.80. The molecule has 0 fully saturated rings. The van der Waals surface area contributed by atoms with Gasteiger partial charge in [-0.05, 0) is 72.8 Å². The van der Waals surface area contributed by atoms with E-state index >= 15 is 0 Å². The Morgan fingerprint density at radius 1 is 0.273 bits per heavy atom. The smallest absolute Gasteiger partial charge is 0.102 e. The Morgan fingerprint density at radius 2 is 0.409 bits per heavy atom. The van der Waals surface area contributed by atoms with E-state index in [1.807, 2.05) is 0 Å². The van der Waals surface area contributed by atoms with E-state index in [-0.39, 0.29) is 24.8 Å². The van der Waals surface area contributed by atoms with Gasteiger partial charge in [-0.15, -0.1) is 0 Å². The Balaban J connectivity index is 0.000000263. The Hall–Kier alpha value is -3.24. The van der Waals surface area contributed by atoms with Crippen LogP contribution >= 0.6 is 15.8 Å². The van der Waals surface area contributed by atoms with Gasteiger partial charge in [-0.1, -0.05) is 136 Å². The van der Waals surface area contributed by atoms with E-state index < -0.39 is 15.8 Å². The van der Waals surface area contributed by atoms with E-state index in [2.05, 4.69) is 196 Å². The molecule has 226 valence electrons. The highest BCUT2D eigenvalue weighted by Crippen LogP contribution is 2.33. The molecule has 0 amide bonds. The van der Waals surface area contributed by atoms with Gasteiger partial charge in [0.05, 0.1) is 15.8 Å². The van der Waals surface area contributed by atoms with Crippen molar-refractivity contribution in [2.24, 2.45) is 0 Å². The number of hydrogen-bond acceptors (Lipinski definition) is 0. The highest BCUT2D eigenvalue weighted by atomic mass is 35.5. The molecule has 0 spiro atoms. The quantitative estimate of drug-likeness (QED) is 0.232. The largest absolute Gasteiger partial charge is 1.00 e. The van der Waals surface area contributed by atoms with Crippen LogP contribution < -0.4 is 56.6 Å². The first-order chi connectivity index (χ1) is 20.8. The van der Waals surface area contributed by atoms with Gasteiger partial charge in [0.2, 0.25) is 0 Å². The molecule has 6 rings (SSSR count). The topological polar surface area (TPSA) is 0 Å². The van der Waals surface area contributed by atoms with Crippen molar-refractivity contribution < 1.29 is 24.8 Å². The molecule has 0 heterocycles. The van der Waals surface area contributed by atoms with Gasteiger partial charge >= 0.3 is 0 Å². The van der Waals surface area contributed by atoms with Crippen LogP contribution in [0, 0.1) is 0 Å². The van der Waals surface area contributed by atoms with Crippen molar-refractivity contribution in [3.63, 3.8) is 0 Å². The second-order valence-corrected chi connectivity index (χ2v) is 14.9. The number of benzene rings is 6. The summed E-state index contributed by atoms with van der Waals surface area (Å²) in [6.45, 7) is 4.36. The molecule has 6 aromatic rings. The molecular weight excluding hydrogens is 613 g/mol. The van der Waals surface area contributed by atoms with Crippen LogP contribution in [0.2, 0.25) is 0 Å². The fraction of sp³-hybridized carbons (Fsp3) is 0.100. The average molecular weight is 656 g/mol. The zero-order chi connectivity index (χ0) is 29.2. The summed E-state index contributed by atoms with van der Waals surface area (Å²) in [5, 5.41) is 8.61. The van der Waals surface area contributed by atoms with Gasteiger partial charge in [0.25, 0.3) is 0 Å². The molecule has 0 aromatic heterocycles. The van der Waals surface area contributed by atoms with Gasteiger partial charge in [-0.2, -0.15) is 0 Å². The maximum Gasteiger partial charge on any atom is 0.102 e. The minimum Gasteiger partial charge on any atom is -1.00 e. The maximum atomic E-state index is 2.24. The molecule has 0 nitrogen and oxygen atoms in total. The number of rotatable bonds is 7. The fourth-order valence-electron chi connectivity index (χ4n) is 4.63. The number of unbranched alkanes of at least 4 members (excludes halogenated alkanes) is 1. The molecule has 0 N–H and O–H groups in total. The summed E-state index contributed by atoms with van der Waals surface area (Å²) in [5.74, 6) is 0. The summed E-state index contributed by atoms with van der Waals surface area (Å²) in [7, 11) is -1.75. The van der Waals surface area contributed by atoms with Gasteiger partial charge in [0.15, 0.2) is 0 Å². The van der Waals surface area contributed by atoms with Crippen LogP contribution in [0.1, 0.15) is 26.7 Å². The normalized spacial score (nSPS) is 9.82. The summed E-state index contributed by atoms with van der Waals surface area (Å²) in [6.07, 6.45) is 2.64. The maximum absolute atomic E-state index is 2.24. The molecule has 0 aliphatic rings. The van der Waals surface area contributed by atoms with Crippen molar-refractivity contribution in [3.8, 4) is 0 Å². The van der Waals surface area contributed by atoms with Crippen LogP contribution in [0.15, 0.2) is 182 Å². The molecule has 4 heteroatoms. The molecular formula is C40H42Cl2P2. The zero-order valence-corrected chi connectivity index (χ0v) is 29.0. The summed E-state index contributed by atoms with van der Waals surface area (Å²) < 4.78 is 0. The average Bonchev–Trinajstić information content (AvgIpc) is 3.08. The van der Waals surface area contributed by atoms with Crippen molar-refractivity contribution in [1.29, 1.82) is 0 Å². The van der Waals surface area contributed by atoms with Crippen molar-refractivity contribution in [2.75, 3.05) is 0 Å². The lowest BCUT2D eigenvalue weighted by Crippen LogP contribution is -3.00. The van der Waals surface area contributed by atoms with Crippen molar-refractivity contribution in [2.45, 2.75) is 26.7 Å². The summed E-state index contributed by atoms with van der Waals surface area (Å²) >= 11 is 0. The molecule has 0 saturated carbocycles. The second kappa shape index (κ2) is 21.5. The van der Waals surface area contributed by atoms with E-state index in [0.717, 1.165) is 0 Å². The van der Waals surface area contributed by atoms with Crippen molar-refractivity contribution >= 4 is 47.7 Å². The first-order valence-electron chi connectivity index (χ1n) is 14.9. The number of halogens is 2. The molecule has 6 aromatic carbocycles. The molecule has 0 aliphatic heterocycles. The minimum atomic E-state index is -0.877. The Bertz CT molecular complexity index is 1210. The van der Waals surface area contributed by atoms with Crippen LogP contribution in [-0.4, -0.2) is 0 Å². The van der Waals surface area contributed by atoms with E-state index in [4.69, 9.17) is 0 Å². The molecule has 0 unspecified atom stereocenters. The molecule has 0 bridgehead atoms. The van der Waals surface area contributed by atoms with Crippen LogP contribution in [-0.2, 0) is 0 Å². The zero-order valence-electron chi connectivity index (χ0n) is 25.5. The second-order valence-electron chi connectivity index (χ2n) is 9.95. The predicted molar refractivity (Wildman–Crippen MR) is 194 cm³/mol. The summed E-state index contributed by atoms with van der Waals surface area (Å²) in [4.78, 5) is 0. The third kappa shape index (κ3) is 11.4. The van der Waals surface area contributed by atoms with Gasteiger partial charge in [0.1, 0.15) is 31.8 Å². The Kier molecular flexibility index (Phi) is 18.0. The first-order valence-corrected chi connectivity index (χ1v) is 17.9. The molecule has 44 heavy (non-hydrogen) atoms. The van der Waals surface area contributed by atoms with Gasteiger partial charge in [-0.3, -0.25) is 0 Å². The van der Waals surface area contributed by atoms with E-state index in [1.165, 1.54) is 44.7 Å². The summed E-state index contributed by atoms with van der Waals surface area (Å²) in [6, 6.07) is 65.0. The van der Waals surface area contributed by atoms with E-state index in [0.29, 0.717) is 0 Å². The van der Waals surface area contributed by atoms with Crippen LogP contribution in [0.3, 0.4) is 0 Å². The summed E-state index contributed by atoms with van der Waals surface area (Å²) in [5.41, 5.74) is 0. The molecule has 0 aliphatic carbocycles. The van der Waals surface area contributed by atoms with Crippen LogP contribution in [0.4, 0.5) is 0 Å². The standard InChI is InChI=1S/2C18H15P.C4H10.2ClH/c2*1-4-10-16(11-5-1)19(17-12-6-2-7-13-17)18-14-8-3-9-15-18;1-3-4-2;;/h2*1-15H;3-4H2,1-2H3;2*1H. The van der Waals surface area contributed by atoms with E-state index in [9.17, 15) is 0 Å². The lowest BCUT2D eigenvalue weighted by molar-refractivity contribution is -0.001000. The Labute approximate surface area is 279 Å². The predicted octanol–water partition coefficient (Wildman–Crippen LogP) is 2.17. The third-order valence-corrected chi connectivity index (χ3v) is 12.3. The molecule has 0 atom stereocenters. The fourth-order valence-corrected chi connectivity index (χ4v) is 9.78. The number of hydrogen-bond donors (Lipinski definition) is 0. The Morgan fingerprint density at radius 3 is 0.523 bits per heavy atom. The van der Waals surface area contributed by atoms with Crippen LogP contribution in [0.25, 0.3) is 0 Å². The minimum absolute atomic E-state index is 0. The van der Waals surface area contributed by atoms with Crippen molar-refractivity contribution in [3.05, 3.63) is 182 Å². The monoisotopic (exact) mass is 654 g/mol. The molecule has 0 saturated heterocycles. The molecule has 0 radical (unpaired) electrons. The van der Waals surface area contributed by atoms with Gasteiger partial charge < -0.3 is 24.8 Å². The highest BCUT2D eigenvalue weighted by Gasteiger charge is 2.25. The van der Waals surface area contributed by atoms with Gasteiger partial charge in [0, 0.05) is 0 Å². The third-order valence-electron chi connectivity index (χ3n) is 6.87. The SMILES string of the molecule is CCCC.[Cl-].[Cl-].c1ccc([PH+](c2ccccc2)c2ccccc2)cc1.c1ccc([PH+](c2ccccc2)c2ccccc2)cc1. The van der Waals surface area contributed by atoms with Crippen molar-refractivity contribution in [1.82, 2.24) is 0 Å². The van der Waals surface area contributed by atoms with Gasteiger partial charge in [-0.25, -0.2) is 0 Å². The lowest BCUT2D eigenvalue weighted by Gasteiger charge is -2.10. The first kappa shape index (κ1) is 36.9. The lowest BCUT2D eigenvalue weighted by atomic mass is 10.4. The van der Waals surface area contributed by atoms with Crippen LogP contribution in [0.5, 0.6) is 0 Å².